The van der Waals surface area contributed by atoms with Gasteiger partial charge in [-0.3, -0.25) is 9.59 Å². The first-order chi connectivity index (χ1) is 31.1. The number of quaternary nitrogens is 1. The van der Waals surface area contributed by atoms with Gasteiger partial charge in [-0.05, 0) is 82.7 Å². The predicted molar refractivity (Wildman–Crippen MR) is 251 cm³/mol. The van der Waals surface area contributed by atoms with E-state index in [0.717, 1.165) is 39.8 Å². The van der Waals surface area contributed by atoms with Crippen LogP contribution in [0.4, 0.5) is 5.82 Å². The van der Waals surface area contributed by atoms with Crippen molar-refractivity contribution in [2.24, 2.45) is 5.92 Å². The zero-order valence-electron chi connectivity index (χ0n) is 38.2. The first-order valence-corrected chi connectivity index (χ1v) is 22.7. The number of fused-ring (bicyclic) bond motifs is 4. The summed E-state index contributed by atoms with van der Waals surface area (Å²) < 4.78 is 18.8. The Bertz CT molecular complexity index is 2580. The lowest BCUT2D eigenvalue weighted by molar-refractivity contribution is -0.854. The topological polar surface area (TPSA) is 174 Å². The number of ether oxygens (including phenoxy) is 3. The summed E-state index contributed by atoms with van der Waals surface area (Å²) in [5.41, 5.74) is 4.08. The molecule has 2 N–H and O–H groups in total. The molecular formula is C51H61N6O8-. The van der Waals surface area contributed by atoms with Crippen LogP contribution in [0.15, 0.2) is 95.8 Å². The monoisotopic (exact) mass is 885 g/mol. The van der Waals surface area contributed by atoms with E-state index in [1.807, 2.05) is 91.2 Å². The van der Waals surface area contributed by atoms with Crippen LogP contribution in [0, 0.1) is 28.2 Å². The Morgan fingerprint density at radius 1 is 1.05 bits per heavy atom. The number of carbonyl (C=O) groups is 2. The fourth-order valence-electron chi connectivity index (χ4n) is 8.52. The van der Waals surface area contributed by atoms with Gasteiger partial charge < -0.3 is 49.3 Å². The number of nitrogens with one attached hydrogen (secondary N) is 1. The molecule has 2 aromatic heterocycles. The van der Waals surface area contributed by atoms with E-state index in [1.54, 1.807) is 13.8 Å². The van der Waals surface area contributed by atoms with Crippen molar-refractivity contribution in [3.8, 4) is 11.8 Å². The number of amides is 1. The van der Waals surface area contributed by atoms with Gasteiger partial charge in [-0.1, -0.05) is 73.4 Å². The van der Waals surface area contributed by atoms with Gasteiger partial charge in [-0.25, -0.2) is 9.97 Å². The molecule has 14 nitrogen and oxygen atoms in total. The highest BCUT2D eigenvalue weighted by Gasteiger charge is 2.31. The molecule has 0 bridgehead atoms. The Hall–Kier alpha value is -5.66. The summed E-state index contributed by atoms with van der Waals surface area (Å²) in [6, 6.07) is 15.3. The molecule has 65 heavy (non-hydrogen) atoms. The van der Waals surface area contributed by atoms with Crippen molar-refractivity contribution in [2.75, 3.05) is 38.1 Å². The van der Waals surface area contributed by atoms with E-state index in [1.165, 1.54) is 0 Å². The van der Waals surface area contributed by atoms with Crippen LogP contribution in [-0.2, 0) is 43.5 Å². The van der Waals surface area contributed by atoms with Crippen LogP contribution < -0.4 is 10.4 Å². The number of aromatic nitrogens is 3. The number of pyridine rings is 1. The molecule has 1 amide bonds. The lowest BCUT2D eigenvalue weighted by Gasteiger charge is -2.45. The van der Waals surface area contributed by atoms with Crippen molar-refractivity contribution in [1.29, 1.82) is 0 Å². The van der Waals surface area contributed by atoms with Crippen LogP contribution in [0.2, 0.25) is 0 Å². The number of hydrogen-bond donors (Lipinski definition) is 2. The summed E-state index contributed by atoms with van der Waals surface area (Å²) in [6.45, 7) is 11.0. The summed E-state index contributed by atoms with van der Waals surface area (Å²) in [5.74, 6) is 7.02. The van der Waals surface area contributed by atoms with E-state index >= 15 is 0 Å². The van der Waals surface area contributed by atoms with Crippen LogP contribution in [0.5, 0.6) is 0 Å². The third kappa shape index (κ3) is 11.8. The van der Waals surface area contributed by atoms with Crippen molar-refractivity contribution in [3.63, 3.8) is 0 Å². The number of unbranched alkanes of at least 4 members (excludes halogenated alkanes) is 1. The Morgan fingerprint density at radius 2 is 1.83 bits per heavy atom. The number of aliphatic hydroxyl groups is 1. The van der Waals surface area contributed by atoms with E-state index < -0.39 is 15.8 Å². The SMILES string of the molecule is CCOCc1nc2c(N([O-])COCC3=CCC(C)(OC(=O)CCCCC(=O)NCCC[N+]4([O-])Cc5ccccc5C#CC5=C4C=CCC5C)C=C3)nc3ccccc3c2n1CC(C)(C)O. The summed E-state index contributed by atoms with van der Waals surface area (Å²) >= 11 is 0. The highest BCUT2D eigenvalue weighted by atomic mass is 16.6. The molecule has 3 atom stereocenters. The molecule has 0 fully saturated rings. The maximum absolute atomic E-state index is 14.5. The summed E-state index contributed by atoms with van der Waals surface area (Å²) in [6.07, 6.45) is 12.9. The van der Waals surface area contributed by atoms with Crippen LogP contribution >= 0.6 is 0 Å². The fourth-order valence-corrected chi connectivity index (χ4v) is 8.52. The van der Waals surface area contributed by atoms with Crippen LogP contribution in [-0.4, -0.2) is 80.4 Å². The summed E-state index contributed by atoms with van der Waals surface area (Å²) in [5, 5.41) is 43.3. The lowest BCUT2D eigenvalue weighted by atomic mass is 9.89. The molecule has 3 unspecified atom stereocenters. The van der Waals surface area contributed by atoms with Gasteiger partial charge in [-0.15, -0.1) is 0 Å². The number of allylic oxidation sites excluding steroid dienone is 3. The third-order valence-corrected chi connectivity index (χ3v) is 11.9. The molecule has 3 aliphatic rings. The Kier molecular flexibility index (Phi) is 15.0. The van der Waals surface area contributed by atoms with E-state index in [2.05, 4.69) is 35.1 Å². The van der Waals surface area contributed by atoms with E-state index in [-0.39, 0.29) is 62.9 Å². The quantitative estimate of drug-likeness (QED) is 0.0167. The zero-order chi connectivity index (χ0) is 46.2. The number of rotatable bonds is 20. The molecule has 14 heteroatoms. The lowest BCUT2D eigenvalue weighted by Crippen LogP contribution is -2.44. The minimum absolute atomic E-state index is 0.110. The number of imidazole rings is 1. The average molecular weight is 886 g/mol. The number of hydroxylamine groups is 4. The molecule has 3 heterocycles. The molecule has 2 aliphatic carbocycles. The number of esters is 1. The van der Waals surface area contributed by atoms with Gasteiger partial charge in [0.25, 0.3) is 0 Å². The van der Waals surface area contributed by atoms with Crippen LogP contribution in [0.25, 0.3) is 21.9 Å². The highest BCUT2D eigenvalue weighted by Crippen LogP contribution is 2.36. The largest absolute Gasteiger partial charge is 0.756 e. The first-order valence-electron chi connectivity index (χ1n) is 22.7. The number of benzene rings is 2. The van der Waals surface area contributed by atoms with Crippen molar-refractivity contribution in [1.82, 2.24) is 19.9 Å². The number of para-hydroxylation sites is 1. The molecule has 7 rings (SSSR count). The smallest absolute Gasteiger partial charge is 0.306 e. The minimum atomic E-state index is -1.06. The van der Waals surface area contributed by atoms with E-state index in [9.17, 15) is 25.1 Å². The first kappa shape index (κ1) is 47.3. The highest BCUT2D eigenvalue weighted by molar-refractivity contribution is 6.07. The van der Waals surface area contributed by atoms with Gasteiger partial charge in [0.05, 0.1) is 41.9 Å². The van der Waals surface area contributed by atoms with Gasteiger partial charge >= 0.3 is 5.97 Å². The molecule has 2 aromatic carbocycles. The van der Waals surface area contributed by atoms with Crippen molar-refractivity contribution in [2.45, 2.75) is 110 Å². The van der Waals surface area contributed by atoms with Gasteiger partial charge in [0.2, 0.25) is 5.91 Å². The molecule has 0 saturated carbocycles. The summed E-state index contributed by atoms with van der Waals surface area (Å²) in [4.78, 5) is 35.0. The number of hydrogen-bond acceptors (Lipinski definition) is 11. The molecule has 4 aromatic rings. The Morgan fingerprint density at radius 3 is 2.62 bits per heavy atom. The number of carbonyl (C=O) groups excluding carboxylic acids is 2. The second-order valence-corrected chi connectivity index (χ2v) is 18.1. The maximum atomic E-state index is 14.5. The normalized spacial score (nSPS) is 20.4. The van der Waals surface area contributed by atoms with Crippen molar-refractivity contribution < 1.29 is 33.6 Å². The molecule has 1 aliphatic heterocycles. The van der Waals surface area contributed by atoms with Gasteiger partial charge in [0.1, 0.15) is 48.3 Å². The molecule has 0 saturated heterocycles. The molecule has 0 radical (unpaired) electrons. The second-order valence-electron chi connectivity index (χ2n) is 18.1. The standard InChI is InChI=1S/C51H61N6O8/c1-6-63-33-44-54-47-48(55(44)34-50(3,4)60)41-18-9-10-19-42(41)53-49(47)56(61)35-64-32-37-25-27-51(5,28-26-37)65-46(59)22-12-11-21-45(58)52-29-14-30-57(62)31-39-17-8-7-16-38(39)23-24-40-36(2)15-13-20-43(40)57/h7-10,13,16-20,25-27,36,60H,6,11-12,14-15,21-22,28-35H2,1-5H3,(H,52,58)/q-1. The van der Waals surface area contributed by atoms with Crippen LogP contribution in [0.1, 0.15) is 96.5 Å². The predicted octanol–water partition coefficient (Wildman–Crippen LogP) is 8.16. The third-order valence-electron chi connectivity index (χ3n) is 11.9. The maximum Gasteiger partial charge on any atom is 0.306 e. The zero-order valence-corrected chi connectivity index (χ0v) is 38.2. The van der Waals surface area contributed by atoms with E-state index in [0.29, 0.717) is 79.4 Å². The fraction of sp³-hybridized carbons (Fsp3) is 0.451. The Balaban J connectivity index is 0.838. The second kappa shape index (κ2) is 20.7. The summed E-state index contributed by atoms with van der Waals surface area (Å²) in [7, 11) is 0. The van der Waals surface area contributed by atoms with Gasteiger partial charge in [0, 0.05) is 55.3 Å². The van der Waals surface area contributed by atoms with Crippen molar-refractivity contribution >= 4 is 39.6 Å². The van der Waals surface area contributed by atoms with Gasteiger partial charge in [0.15, 0.2) is 0 Å². The molecule has 0 spiro atoms. The molecular weight excluding hydrogens is 825 g/mol. The number of nitrogens with zero attached hydrogens (tertiary/aromatic N) is 5. The van der Waals surface area contributed by atoms with E-state index in [4.69, 9.17) is 19.2 Å². The average Bonchev–Trinajstić information content (AvgIpc) is 3.62. The van der Waals surface area contributed by atoms with Crippen LogP contribution in [0.3, 0.4) is 0 Å². The molecule has 344 valence electrons. The van der Waals surface area contributed by atoms with Gasteiger partial charge in [-0.2, -0.15) is 0 Å². The minimum Gasteiger partial charge on any atom is -0.756 e. The van der Waals surface area contributed by atoms with Crippen molar-refractivity contribution in [3.05, 3.63) is 123 Å². The number of anilines is 1. The Labute approximate surface area is 381 Å².